The molecule has 1 aliphatic carbocycles. The van der Waals surface area contributed by atoms with Crippen molar-refractivity contribution in [3.8, 4) is 0 Å². The summed E-state index contributed by atoms with van der Waals surface area (Å²) >= 11 is 0. The Kier molecular flexibility index (Phi) is 2.47. The van der Waals surface area contributed by atoms with Crippen molar-refractivity contribution in [1.82, 2.24) is 5.32 Å². The molecule has 1 aromatic carbocycles. The summed E-state index contributed by atoms with van der Waals surface area (Å²) in [6.07, 6.45) is 4.91. The van der Waals surface area contributed by atoms with E-state index in [1.165, 1.54) is 24.8 Å². The van der Waals surface area contributed by atoms with Crippen molar-refractivity contribution in [3.63, 3.8) is 0 Å². The summed E-state index contributed by atoms with van der Waals surface area (Å²) in [6, 6.07) is 11.3. The monoisotopic (exact) mass is 203 g/mol. The van der Waals surface area contributed by atoms with E-state index in [1.807, 2.05) is 0 Å². The first-order chi connectivity index (χ1) is 7.42. The highest BCUT2D eigenvalue weighted by molar-refractivity contribution is 5.14. The van der Waals surface area contributed by atoms with E-state index in [1.54, 1.807) is 0 Å². The molecule has 15 heavy (non-hydrogen) atoms. The summed E-state index contributed by atoms with van der Waals surface area (Å²) < 4.78 is 5.52. The molecule has 0 bridgehead atoms. The lowest BCUT2D eigenvalue weighted by Crippen LogP contribution is -2.33. The number of hydrogen-bond acceptors (Lipinski definition) is 2. The molecule has 0 spiro atoms. The zero-order valence-corrected chi connectivity index (χ0v) is 8.86. The van der Waals surface area contributed by atoms with Gasteiger partial charge in [-0.25, -0.2) is 0 Å². The van der Waals surface area contributed by atoms with Crippen molar-refractivity contribution < 1.29 is 4.74 Å². The molecule has 1 saturated carbocycles. The van der Waals surface area contributed by atoms with Crippen LogP contribution in [-0.4, -0.2) is 18.2 Å². The highest BCUT2D eigenvalue weighted by Gasteiger charge is 2.43. The molecule has 80 valence electrons. The SMILES string of the molecule is c1ccc(CN[C@H]2CC[C@H]3O[C@H]3C2)cc1. The summed E-state index contributed by atoms with van der Waals surface area (Å²) in [4.78, 5) is 0. The molecule has 2 heteroatoms. The molecule has 1 N–H and O–H groups in total. The second-order valence-electron chi connectivity index (χ2n) is 4.59. The van der Waals surface area contributed by atoms with Gasteiger partial charge in [0, 0.05) is 12.6 Å². The van der Waals surface area contributed by atoms with Gasteiger partial charge in [0.15, 0.2) is 0 Å². The predicted octanol–water partition coefficient (Wildman–Crippen LogP) is 2.10. The summed E-state index contributed by atoms with van der Waals surface area (Å²) in [5.74, 6) is 0. The van der Waals surface area contributed by atoms with Gasteiger partial charge in [-0.3, -0.25) is 0 Å². The van der Waals surface area contributed by atoms with Crippen LogP contribution in [0, 0.1) is 0 Å². The Morgan fingerprint density at radius 1 is 1.13 bits per heavy atom. The number of rotatable bonds is 3. The molecule has 3 rings (SSSR count). The van der Waals surface area contributed by atoms with E-state index >= 15 is 0 Å². The number of benzene rings is 1. The Morgan fingerprint density at radius 2 is 2.00 bits per heavy atom. The van der Waals surface area contributed by atoms with Crippen LogP contribution >= 0.6 is 0 Å². The van der Waals surface area contributed by atoms with E-state index in [4.69, 9.17) is 4.74 Å². The van der Waals surface area contributed by atoms with Crippen molar-refractivity contribution in [2.45, 2.75) is 44.1 Å². The number of hydrogen-bond donors (Lipinski definition) is 1. The molecule has 1 heterocycles. The van der Waals surface area contributed by atoms with Crippen LogP contribution in [-0.2, 0) is 11.3 Å². The molecule has 2 fully saturated rings. The van der Waals surface area contributed by atoms with Gasteiger partial charge in [-0.1, -0.05) is 30.3 Å². The lowest BCUT2D eigenvalue weighted by molar-refractivity contribution is 0.365. The molecule has 2 nitrogen and oxygen atoms in total. The first-order valence-electron chi connectivity index (χ1n) is 5.84. The van der Waals surface area contributed by atoms with Crippen molar-refractivity contribution in [2.75, 3.05) is 0 Å². The van der Waals surface area contributed by atoms with Crippen LogP contribution in [0.15, 0.2) is 30.3 Å². The average Bonchev–Trinajstić information content (AvgIpc) is 3.06. The summed E-state index contributed by atoms with van der Waals surface area (Å²) in [5.41, 5.74) is 1.37. The Balaban J connectivity index is 1.49. The van der Waals surface area contributed by atoms with Crippen LogP contribution in [0.2, 0.25) is 0 Å². The fourth-order valence-electron chi connectivity index (χ4n) is 2.45. The minimum Gasteiger partial charge on any atom is -0.370 e. The molecular formula is C13H17NO. The van der Waals surface area contributed by atoms with Gasteiger partial charge in [0.2, 0.25) is 0 Å². The van der Waals surface area contributed by atoms with Crippen molar-refractivity contribution >= 4 is 0 Å². The van der Waals surface area contributed by atoms with Gasteiger partial charge in [-0.2, -0.15) is 0 Å². The van der Waals surface area contributed by atoms with Gasteiger partial charge in [0.05, 0.1) is 12.2 Å². The van der Waals surface area contributed by atoms with Crippen LogP contribution in [0.25, 0.3) is 0 Å². The van der Waals surface area contributed by atoms with Gasteiger partial charge < -0.3 is 10.1 Å². The number of nitrogens with one attached hydrogen (secondary N) is 1. The smallest absolute Gasteiger partial charge is 0.0856 e. The van der Waals surface area contributed by atoms with Crippen LogP contribution in [0.3, 0.4) is 0 Å². The van der Waals surface area contributed by atoms with E-state index in [0.717, 1.165) is 6.54 Å². The Bertz CT molecular complexity index is 325. The number of epoxide rings is 1. The van der Waals surface area contributed by atoms with Crippen molar-refractivity contribution in [2.24, 2.45) is 0 Å². The van der Waals surface area contributed by atoms with Crippen LogP contribution in [0.5, 0.6) is 0 Å². The second kappa shape index (κ2) is 3.95. The van der Waals surface area contributed by atoms with Crippen molar-refractivity contribution in [1.29, 1.82) is 0 Å². The third kappa shape index (κ3) is 2.21. The van der Waals surface area contributed by atoms with Gasteiger partial charge >= 0.3 is 0 Å². The van der Waals surface area contributed by atoms with Gasteiger partial charge in [0.1, 0.15) is 0 Å². The summed E-state index contributed by atoms with van der Waals surface area (Å²) in [5, 5.41) is 3.61. The summed E-state index contributed by atoms with van der Waals surface area (Å²) in [7, 11) is 0. The molecule has 0 aromatic heterocycles. The lowest BCUT2D eigenvalue weighted by atomic mass is 9.95. The number of ether oxygens (including phenoxy) is 1. The van der Waals surface area contributed by atoms with Gasteiger partial charge in [-0.15, -0.1) is 0 Å². The minimum atomic E-state index is 0.576. The largest absolute Gasteiger partial charge is 0.370 e. The zero-order valence-electron chi connectivity index (χ0n) is 8.86. The molecular weight excluding hydrogens is 186 g/mol. The van der Waals surface area contributed by atoms with Crippen molar-refractivity contribution in [3.05, 3.63) is 35.9 Å². The highest BCUT2D eigenvalue weighted by atomic mass is 16.6. The highest BCUT2D eigenvalue weighted by Crippen LogP contribution is 2.36. The summed E-state index contributed by atoms with van der Waals surface area (Å²) in [6.45, 7) is 0.989. The molecule has 1 aliphatic heterocycles. The van der Waals surface area contributed by atoms with Crippen LogP contribution in [0.1, 0.15) is 24.8 Å². The maximum absolute atomic E-state index is 5.52. The van der Waals surface area contributed by atoms with Crippen LogP contribution < -0.4 is 5.32 Å². The predicted molar refractivity (Wildman–Crippen MR) is 59.6 cm³/mol. The third-order valence-electron chi connectivity index (χ3n) is 3.44. The molecule has 1 saturated heterocycles. The normalized spacial score (nSPS) is 33.5. The van der Waals surface area contributed by atoms with Gasteiger partial charge in [-0.05, 0) is 24.8 Å². The first kappa shape index (κ1) is 9.37. The Labute approximate surface area is 90.6 Å². The maximum atomic E-state index is 5.52. The molecule has 3 atom stereocenters. The quantitative estimate of drug-likeness (QED) is 0.761. The molecule has 0 radical (unpaired) electrons. The average molecular weight is 203 g/mol. The van der Waals surface area contributed by atoms with Gasteiger partial charge in [0.25, 0.3) is 0 Å². The van der Waals surface area contributed by atoms with E-state index in [0.29, 0.717) is 18.2 Å². The lowest BCUT2D eigenvalue weighted by Gasteiger charge is -2.20. The maximum Gasteiger partial charge on any atom is 0.0856 e. The zero-order chi connectivity index (χ0) is 10.1. The van der Waals surface area contributed by atoms with Crippen LogP contribution in [0.4, 0.5) is 0 Å². The standard InChI is InChI=1S/C13H17NO/c1-2-4-10(5-3-1)9-14-11-6-7-12-13(8-11)15-12/h1-5,11-14H,6-9H2/t11-,12+,13-/m0/s1. The minimum absolute atomic E-state index is 0.576. The molecule has 2 aliphatic rings. The second-order valence-corrected chi connectivity index (χ2v) is 4.59. The number of fused-ring (bicyclic) bond motifs is 1. The fourth-order valence-corrected chi connectivity index (χ4v) is 2.45. The Morgan fingerprint density at radius 3 is 2.80 bits per heavy atom. The Hall–Kier alpha value is -0.860. The van der Waals surface area contributed by atoms with E-state index < -0.39 is 0 Å². The van der Waals surface area contributed by atoms with E-state index in [2.05, 4.69) is 35.6 Å². The van der Waals surface area contributed by atoms with E-state index in [-0.39, 0.29) is 0 Å². The molecule has 0 unspecified atom stereocenters. The fraction of sp³-hybridized carbons (Fsp3) is 0.538. The molecule has 1 aromatic rings. The molecule has 0 amide bonds. The third-order valence-corrected chi connectivity index (χ3v) is 3.44. The van der Waals surface area contributed by atoms with E-state index in [9.17, 15) is 0 Å². The topological polar surface area (TPSA) is 24.6 Å². The first-order valence-corrected chi connectivity index (χ1v) is 5.84.